The van der Waals surface area contributed by atoms with Crippen molar-refractivity contribution in [2.24, 2.45) is 0 Å². The number of aromatic nitrogens is 4. The normalized spacial score (nSPS) is 15.2. The highest BCUT2D eigenvalue weighted by Gasteiger charge is 2.20. The molecule has 3 heterocycles. The number of imidazole rings is 1. The van der Waals surface area contributed by atoms with Crippen LogP contribution in [0.2, 0.25) is 0 Å². The van der Waals surface area contributed by atoms with Crippen molar-refractivity contribution in [2.75, 3.05) is 31.2 Å². The van der Waals surface area contributed by atoms with E-state index in [1.54, 1.807) is 6.33 Å². The first-order valence-corrected chi connectivity index (χ1v) is 8.77. The van der Waals surface area contributed by atoms with Crippen LogP contribution in [0.5, 0.6) is 0 Å². The summed E-state index contributed by atoms with van der Waals surface area (Å²) in [5.74, 6) is 1.84. The predicted octanol–water partition coefficient (Wildman–Crippen LogP) is 2.78. The summed E-state index contributed by atoms with van der Waals surface area (Å²) in [6.45, 7) is 5.86. The van der Waals surface area contributed by atoms with Crippen molar-refractivity contribution < 1.29 is 4.74 Å². The van der Waals surface area contributed by atoms with Gasteiger partial charge < -0.3 is 14.2 Å². The standard InChI is InChI=1S/C17H18BrN5O/c1-12-21-15-16(22-6-8-24-9-7-22)19-11-20-17(15)23(12)10-13-4-2-3-5-14(13)18/h2-5,11H,6-10H2,1H3. The maximum Gasteiger partial charge on any atom is 0.165 e. The van der Waals surface area contributed by atoms with E-state index >= 15 is 0 Å². The maximum atomic E-state index is 5.44. The van der Waals surface area contributed by atoms with Crippen molar-refractivity contribution in [3.05, 3.63) is 46.5 Å². The molecule has 7 heteroatoms. The predicted molar refractivity (Wildman–Crippen MR) is 96.3 cm³/mol. The monoisotopic (exact) mass is 387 g/mol. The minimum Gasteiger partial charge on any atom is -0.378 e. The second-order valence-electron chi connectivity index (χ2n) is 5.81. The maximum absolute atomic E-state index is 5.44. The Morgan fingerprint density at radius 3 is 2.75 bits per heavy atom. The molecule has 0 N–H and O–H groups in total. The summed E-state index contributed by atoms with van der Waals surface area (Å²) in [5, 5.41) is 0. The first-order chi connectivity index (χ1) is 11.7. The lowest BCUT2D eigenvalue weighted by Crippen LogP contribution is -2.36. The van der Waals surface area contributed by atoms with Gasteiger partial charge in [0.2, 0.25) is 0 Å². The third kappa shape index (κ3) is 2.78. The van der Waals surface area contributed by atoms with Gasteiger partial charge in [0, 0.05) is 17.6 Å². The topological polar surface area (TPSA) is 56.1 Å². The van der Waals surface area contributed by atoms with E-state index in [2.05, 4.69) is 47.5 Å². The van der Waals surface area contributed by atoms with Gasteiger partial charge in [-0.15, -0.1) is 0 Å². The molecule has 0 spiro atoms. The molecule has 1 saturated heterocycles. The molecule has 0 aliphatic carbocycles. The van der Waals surface area contributed by atoms with Gasteiger partial charge >= 0.3 is 0 Å². The van der Waals surface area contributed by atoms with E-state index in [9.17, 15) is 0 Å². The first-order valence-electron chi connectivity index (χ1n) is 7.98. The number of aryl methyl sites for hydroxylation is 1. The number of nitrogens with zero attached hydrogens (tertiary/aromatic N) is 5. The molecular formula is C17H18BrN5O. The third-order valence-electron chi connectivity index (χ3n) is 4.30. The molecule has 1 aliphatic heterocycles. The fourth-order valence-corrected chi connectivity index (χ4v) is 3.44. The third-order valence-corrected chi connectivity index (χ3v) is 5.07. The average Bonchev–Trinajstić information content (AvgIpc) is 2.93. The van der Waals surface area contributed by atoms with Crippen molar-refractivity contribution in [2.45, 2.75) is 13.5 Å². The van der Waals surface area contributed by atoms with E-state index in [1.807, 2.05) is 19.1 Å². The number of fused-ring (bicyclic) bond motifs is 1. The number of ether oxygens (including phenoxy) is 1. The van der Waals surface area contributed by atoms with Gasteiger partial charge in [0.15, 0.2) is 17.0 Å². The molecule has 0 radical (unpaired) electrons. The first kappa shape index (κ1) is 15.5. The summed E-state index contributed by atoms with van der Waals surface area (Å²) < 4.78 is 8.67. The van der Waals surface area contributed by atoms with Crippen LogP contribution in [0.25, 0.3) is 11.2 Å². The summed E-state index contributed by atoms with van der Waals surface area (Å²) in [6.07, 6.45) is 1.63. The number of halogens is 1. The number of benzene rings is 1. The molecule has 0 bridgehead atoms. The van der Waals surface area contributed by atoms with Gasteiger partial charge in [-0.1, -0.05) is 34.1 Å². The Balaban J connectivity index is 1.77. The molecule has 124 valence electrons. The summed E-state index contributed by atoms with van der Waals surface area (Å²) in [7, 11) is 0. The van der Waals surface area contributed by atoms with Crippen molar-refractivity contribution in [3.8, 4) is 0 Å². The Labute approximate surface area is 148 Å². The highest BCUT2D eigenvalue weighted by atomic mass is 79.9. The molecule has 24 heavy (non-hydrogen) atoms. The second-order valence-corrected chi connectivity index (χ2v) is 6.66. The molecule has 0 atom stereocenters. The van der Waals surface area contributed by atoms with E-state index < -0.39 is 0 Å². The van der Waals surface area contributed by atoms with E-state index in [4.69, 9.17) is 9.72 Å². The Kier molecular flexibility index (Phi) is 4.20. The molecule has 0 saturated carbocycles. The van der Waals surface area contributed by atoms with E-state index in [1.165, 1.54) is 5.56 Å². The Hall–Kier alpha value is -1.99. The molecule has 0 unspecified atom stereocenters. The summed E-state index contributed by atoms with van der Waals surface area (Å²) in [5.41, 5.74) is 2.94. The van der Waals surface area contributed by atoms with Crippen molar-refractivity contribution in [1.29, 1.82) is 0 Å². The largest absolute Gasteiger partial charge is 0.378 e. The van der Waals surface area contributed by atoms with Crippen molar-refractivity contribution in [3.63, 3.8) is 0 Å². The fourth-order valence-electron chi connectivity index (χ4n) is 3.03. The van der Waals surface area contributed by atoms with Crippen molar-refractivity contribution in [1.82, 2.24) is 19.5 Å². The number of rotatable bonds is 3. The van der Waals surface area contributed by atoms with E-state index in [0.717, 1.165) is 60.1 Å². The van der Waals surface area contributed by atoms with Crippen LogP contribution in [0, 0.1) is 6.92 Å². The molecule has 1 fully saturated rings. The fraction of sp³-hybridized carbons (Fsp3) is 0.353. The number of morpholine rings is 1. The van der Waals surface area contributed by atoms with Gasteiger partial charge in [-0.25, -0.2) is 15.0 Å². The van der Waals surface area contributed by atoms with Crippen LogP contribution in [0.1, 0.15) is 11.4 Å². The molecule has 2 aromatic heterocycles. The smallest absolute Gasteiger partial charge is 0.165 e. The van der Waals surface area contributed by atoms with Gasteiger partial charge in [-0.05, 0) is 18.6 Å². The minimum absolute atomic E-state index is 0.724. The Morgan fingerprint density at radius 1 is 1.17 bits per heavy atom. The second kappa shape index (κ2) is 6.49. The van der Waals surface area contributed by atoms with E-state index in [-0.39, 0.29) is 0 Å². The summed E-state index contributed by atoms with van der Waals surface area (Å²) >= 11 is 3.62. The van der Waals surface area contributed by atoms with E-state index in [0.29, 0.717) is 0 Å². The molecule has 6 nitrogen and oxygen atoms in total. The lowest BCUT2D eigenvalue weighted by atomic mass is 10.2. The number of anilines is 1. The summed E-state index contributed by atoms with van der Waals surface area (Å²) in [4.78, 5) is 16.0. The van der Waals surface area contributed by atoms with Crippen LogP contribution >= 0.6 is 15.9 Å². The minimum atomic E-state index is 0.724. The Morgan fingerprint density at radius 2 is 1.96 bits per heavy atom. The van der Waals surface area contributed by atoms with Crippen LogP contribution in [-0.2, 0) is 11.3 Å². The SMILES string of the molecule is Cc1nc2c(N3CCOCC3)ncnc2n1Cc1ccccc1Br. The summed E-state index contributed by atoms with van der Waals surface area (Å²) in [6, 6.07) is 8.23. The Bertz CT molecular complexity index is 873. The van der Waals surface area contributed by atoms with Gasteiger partial charge in [-0.2, -0.15) is 0 Å². The molecule has 1 aromatic carbocycles. The number of hydrogen-bond donors (Lipinski definition) is 0. The highest BCUT2D eigenvalue weighted by Crippen LogP contribution is 2.26. The van der Waals surface area contributed by atoms with Gasteiger partial charge in [-0.3, -0.25) is 0 Å². The molecular weight excluding hydrogens is 370 g/mol. The quantitative estimate of drug-likeness (QED) is 0.691. The van der Waals surface area contributed by atoms with Crippen LogP contribution in [-0.4, -0.2) is 45.8 Å². The zero-order valence-corrected chi connectivity index (χ0v) is 15.0. The zero-order valence-electron chi connectivity index (χ0n) is 13.4. The average molecular weight is 388 g/mol. The lowest BCUT2D eigenvalue weighted by molar-refractivity contribution is 0.122. The van der Waals surface area contributed by atoms with Gasteiger partial charge in [0.1, 0.15) is 12.2 Å². The highest BCUT2D eigenvalue weighted by molar-refractivity contribution is 9.10. The molecule has 3 aromatic rings. The molecule has 4 rings (SSSR count). The lowest BCUT2D eigenvalue weighted by Gasteiger charge is -2.27. The zero-order chi connectivity index (χ0) is 16.5. The van der Waals surface area contributed by atoms with Crippen LogP contribution in [0.4, 0.5) is 5.82 Å². The van der Waals surface area contributed by atoms with Gasteiger partial charge in [0.05, 0.1) is 19.8 Å². The van der Waals surface area contributed by atoms with Gasteiger partial charge in [0.25, 0.3) is 0 Å². The van der Waals surface area contributed by atoms with Crippen LogP contribution in [0.3, 0.4) is 0 Å². The van der Waals surface area contributed by atoms with Crippen LogP contribution in [0.15, 0.2) is 35.1 Å². The molecule has 0 amide bonds. The number of hydrogen-bond acceptors (Lipinski definition) is 5. The molecule has 1 aliphatic rings. The van der Waals surface area contributed by atoms with Crippen LogP contribution < -0.4 is 4.90 Å². The van der Waals surface area contributed by atoms with Crippen molar-refractivity contribution >= 4 is 32.9 Å².